The van der Waals surface area contributed by atoms with Crippen molar-refractivity contribution in [2.24, 2.45) is 0 Å². The van der Waals surface area contributed by atoms with Gasteiger partial charge in [0.25, 0.3) is 11.8 Å². The molecule has 0 aromatic heterocycles. The molecule has 0 saturated carbocycles. The standard InChI is InChI=1S/C15H15N3O4/c1-9-13(20)16-6-7-17(9)12(19)8-18-14(21)10-4-2-3-5-11(10)15(18)22/h2-5,9H,6-8H2,1H3,(H,16,20). The van der Waals surface area contributed by atoms with Crippen LogP contribution < -0.4 is 5.32 Å². The summed E-state index contributed by atoms with van der Waals surface area (Å²) in [6.07, 6.45) is 0. The molecule has 1 saturated heterocycles. The maximum absolute atomic E-state index is 12.4. The molecule has 0 bridgehead atoms. The molecule has 0 aliphatic carbocycles. The summed E-state index contributed by atoms with van der Waals surface area (Å²) < 4.78 is 0. The zero-order valence-corrected chi connectivity index (χ0v) is 12.0. The second-order valence-electron chi connectivity index (χ2n) is 5.30. The van der Waals surface area contributed by atoms with Crippen LogP contribution in [-0.2, 0) is 9.59 Å². The van der Waals surface area contributed by atoms with Crippen LogP contribution in [0.2, 0.25) is 0 Å². The number of carbonyl (C=O) groups is 4. The fourth-order valence-electron chi connectivity index (χ4n) is 2.73. The first-order valence-electron chi connectivity index (χ1n) is 7.03. The number of hydrogen-bond acceptors (Lipinski definition) is 4. The number of hydrogen-bond donors (Lipinski definition) is 1. The first kappa shape index (κ1) is 14.2. The highest BCUT2D eigenvalue weighted by atomic mass is 16.2. The van der Waals surface area contributed by atoms with Gasteiger partial charge in [-0.25, -0.2) is 0 Å². The molecule has 1 atom stereocenters. The van der Waals surface area contributed by atoms with E-state index in [-0.39, 0.29) is 12.5 Å². The molecule has 7 nitrogen and oxygen atoms in total. The molecular weight excluding hydrogens is 286 g/mol. The van der Waals surface area contributed by atoms with E-state index in [1.165, 1.54) is 4.90 Å². The van der Waals surface area contributed by atoms with Crippen molar-refractivity contribution in [3.05, 3.63) is 35.4 Å². The molecule has 1 N–H and O–H groups in total. The first-order chi connectivity index (χ1) is 10.5. The second kappa shape index (κ2) is 5.25. The zero-order chi connectivity index (χ0) is 15.9. The number of carbonyl (C=O) groups excluding carboxylic acids is 4. The van der Waals surface area contributed by atoms with E-state index in [9.17, 15) is 19.2 Å². The lowest BCUT2D eigenvalue weighted by molar-refractivity contribution is -0.142. The van der Waals surface area contributed by atoms with Crippen molar-refractivity contribution in [3.8, 4) is 0 Å². The van der Waals surface area contributed by atoms with Gasteiger partial charge < -0.3 is 10.2 Å². The number of piperazine rings is 1. The van der Waals surface area contributed by atoms with E-state index in [1.54, 1.807) is 31.2 Å². The van der Waals surface area contributed by atoms with Gasteiger partial charge in [0.15, 0.2) is 0 Å². The average Bonchev–Trinajstić information content (AvgIpc) is 2.75. The summed E-state index contributed by atoms with van der Waals surface area (Å²) >= 11 is 0. The van der Waals surface area contributed by atoms with Gasteiger partial charge in [-0.05, 0) is 19.1 Å². The second-order valence-corrected chi connectivity index (χ2v) is 5.30. The van der Waals surface area contributed by atoms with Gasteiger partial charge in [0.1, 0.15) is 12.6 Å². The number of fused-ring (bicyclic) bond motifs is 1. The molecule has 1 fully saturated rings. The number of imide groups is 1. The molecule has 2 aliphatic rings. The summed E-state index contributed by atoms with van der Waals surface area (Å²) in [5.41, 5.74) is 0.620. The molecular formula is C15H15N3O4. The van der Waals surface area contributed by atoms with Crippen molar-refractivity contribution in [1.29, 1.82) is 0 Å². The van der Waals surface area contributed by atoms with Crippen molar-refractivity contribution in [2.45, 2.75) is 13.0 Å². The molecule has 3 rings (SSSR count). The van der Waals surface area contributed by atoms with E-state index in [1.807, 2.05) is 0 Å². The summed E-state index contributed by atoms with van der Waals surface area (Å²) in [5.74, 6) is -1.58. The molecule has 1 aromatic rings. The molecule has 0 spiro atoms. The minimum Gasteiger partial charge on any atom is -0.353 e. The van der Waals surface area contributed by atoms with E-state index in [4.69, 9.17) is 0 Å². The zero-order valence-electron chi connectivity index (χ0n) is 12.0. The minimum absolute atomic E-state index is 0.234. The van der Waals surface area contributed by atoms with Crippen molar-refractivity contribution in [3.63, 3.8) is 0 Å². The van der Waals surface area contributed by atoms with Crippen LogP contribution >= 0.6 is 0 Å². The fraction of sp³-hybridized carbons (Fsp3) is 0.333. The third-order valence-corrected chi connectivity index (χ3v) is 3.99. The lowest BCUT2D eigenvalue weighted by atomic mass is 10.1. The Balaban J connectivity index is 1.77. The Morgan fingerprint density at radius 3 is 2.36 bits per heavy atom. The highest BCUT2D eigenvalue weighted by Crippen LogP contribution is 2.22. The van der Waals surface area contributed by atoms with E-state index in [0.717, 1.165) is 4.90 Å². The van der Waals surface area contributed by atoms with E-state index < -0.39 is 23.8 Å². The van der Waals surface area contributed by atoms with Crippen molar-refractivity contribution in [2.75, 3.05) is 19.6 Å². The SMILES string of the molecule is CC1C(=O)NCCN1C(=O)CN1C(=O)c2ccccc2C1=O. The number of rotatable bonds is 2. The van der Waals surface area contributed by atoms with Crippen LogP contribution in [0, 0.1) is 0 Å². The summed E-state index contributed by atoms with van der Waals surface area (Å²) in [5, 5.41) is 2.66. The molecule has 4 amide bonds. The Morgan fingerprint density at radius 2 is 1.77 bits per heavy atom. The smallest absolute Gasteiger partial charge is 0.262 e. The molecule has 2 heterocycles. The van der Waals surface area contributed by atoms with Gasteiger partial charge in [0, 0.05) is 13.1 Å². The largest absolute Gasteiger partial charge is 0.353 e. The minimum atomic E-state index is -0.601. The van der Waals surface area contributed by atoms with Crippen LogP contribution in [0.4, 0.5) is 0 Å². The van der Waals surface area contributed by atoms with Gasteiger partial charge in [0.2, 0.25) is 11.8 Å². The summed E-state index contributed by atoms with van der Waals surface area (Å²) in [7, 11) is 0. The van der Waals surface area contributed by atoms with Crippen LogP contribution in [0.25, 0.3) is 0 Å². The Labute approximate surface area is 126 Å². The normalized spacial score (nSPS) is 21.0. The van der Waals surface area contributed by atoms with Crippen LogP contribution in [0.5, 0.6) is 0 Å². The number of amides is 4. The lowest BCUT2D eigenvalue weighted by Crippen LogP contribution is -2.57. The summed E-state index contributed by atoms with van der Waals surface area (Å²) in [4.78, 5) is 50.7. The predicted octanol–water partition coefficient (Wildman–Crippen LogP) is -0.370. The van der Waals surface area contributed by atoms with Gasteiger partial charge in [-0.3, -0.25) is 24.1 Å². The third kappa shape index (κ3) is 2.14. The van der Waals surface area contributed by atoms with Crippen LogP contribution in [-0.4, -0.2) is 59.1 Å². The molecule has 1 unspecified atom stereocenters. The fourth-order valence-corrected chi connectivity index (χ4v) is 2.73. The number of nitrogens with one attached hydrogen (secondary N) is 1. The van der Waals surface area contributed by atoms with Crippen LogP contribution in [0.15, 0.2) is 24.3 Å². The maximum atomic E-state index is 12.4. The molecule has 114 valence electrons. The van der Waals surface area contributed by atoms with Crippen molar-refractivity contribution < 1.29 is 19.2 Å². The maximum Gasteiger partial charge on any atom is 0.262 e. The van der Waals surface area contributed by atoms with E-state index >= 15 is 0 Å². The first-order valence-corrected chi connectivity index (χ1v) is 7.03. The van der Waals surface area contributed by atoms with Crippen molar-refractivity contribution >= 4 is 23.6 Å². The van der Waals surface area contributed by atoms with Gasteiger partial charge >= 0.3 is 0 Å². The van der Waals surface area contributed by atoms with Gasteiger partial charge in [-0.15, -0.1) is 0 Å². The van der Waals surface area contributed by atoms with Gasteiger partial charge in [-0.2, -0.15) is 0 Å². The quantitative estimate of drug-likeness (QED) is 0.755. The highest BCUT2D eigenvalue weighted by molar-refractivity contribution is 6.22. The molecule has 1 aromatic carbocycles. The van der Waals surface area contributed by atoms with Crippen LogP contribution in [0.3, 0.4) is 0 Å². The third-order valence-electron chi connectivity index (χ3n) is 3.99. The van der Waals surface area contributed by atoms with E-state index in [2.05, 4.69) is 5.32 Å². The van der Waals surface area contributed by atoms with Gasteiger partial charge in [-0.1, -0.05) is 12.1 Å². The molecule has 22 heavy (non-hydrogen) atoms. The molecule has 7 heteroatoms. The highest BCUT2D eigenvalue weighted by Gasteiger charge is 2.38. The average molecular weight is 301 g/mol. The topological polar surface area (TPSA) is 86.8 Å². The predicted molar refractivity (Wildman–Crippen MR) is 76.0 cm³/mol. The molecule has 0 radical (unpaired) electrons. The Morgan fingerprint density at radius 1 is 1.18 bits per heavy atom. The summed E-state index contributed by atoms with van der Waals surface area (Å²) in [6.45, 7) is 2.02. The number of nitrogens with zero attached hydrogens (tertiary/aromatic N) is 2. The monoisotopic (exact) mass is 301 g/mol. The Hall–Kier alpha value is -2.70. The number of benzene rings is 1. The summed E-state index contributed by atoms with van der Waals surface area (Å²) in [6, 6.07) is 5.88. The Bertz CT molecular complexity index is 650. The molecule has 2 aliphatic heterocycles. The lowest BCUT2D eigenvalue weighted by Gasteiger charge is -2.33. The van der Waals surface area contributed by atoms with E-state index in [0.29, 0.717) is 24.2 Å². The van der Waals surface area contributed by atoms with Gasteiger partial charge in [0.05, 0.1) is 11.1 Å². The Kier molecular flexibility index (Phi) is 3.40. The van der Waals surface area contributed by atoms with Crippen LogP contribution in [0.1, 0.15) is 27.6 Å². The van der Waals surface area contributed by atoms with Crippen molar-refractivity contribution in [1.82, 2.24) is 15.1 Å².